The fourth-order valence-electron chi connectivity index (χ4n) is 3.83. The van der Waals surface area contributed by atoms with Gasteiger partial charge in [-0.3, -0.25) is 9.59 Å². The lowest BCUT2D eigenvalue weighted by molar-refractivity contribution is -0.167. The van der Waals surface area contributed by atoms with Crippen molar-refractivity contribution in [1.82, 2.24) is 9.88 Å². The van der Waals surface area contributed by atoms with Crippen LogP contribution in [-0.4, -0.2) is 53.9 Å². The first kappa shape index (κ1) is 23.7. The van der Waals surface area contributed by atoms with Crippen LogP contribution in [0.25, 0.3) is 10.2 Å². The number of carbonyl (C=O) groups excluding carboxylic acids is 2. The Bertz CT molecular complexity index is 1200. The van der Waals surface area contributed by atoms with Crippen LogP contribution < -0.4 is 15.8 Å². The number of rotatable bonds is 5. The number of anilines is 2. The molecule has 0 atom stereocenters. The molecular formula is C23H22F3N5O2S. The van der Waals surface area contributed by atoms with Gasteiger partial charge in [-0.05, 0) is 31.2 Å². The van der Waals surface area contributed by atoms with Gasteiger partial charge in [0.05, 0.1) is 10.2 Å². The summed E-state index contributed by atoms with van der Waals surface area (Å²) in [4.78, 5) is 33.4. The van der Waals surface area contributed by atoms with Gasteiger partial charge in [-0.1, -0.05) is 41.7 Å². The third-order valence-electron chi connectivity index (χ3n) is 5.64. The number of allylic oxidation sites excluding steroid dienone is 1. The molecular weight excluding hydrogens is 467 g/mol. The zero-order valence-corrected chi connectivity index (χ0v) is 19.1. The molecule has 0 radical (unpaired) electrons. The number of hydrogen-bond acceptors (Lipinski definition) is 7. The first-order chi connectivity index (χ1) is 16.2. The number of amides is 1. The van der Waals surface area contributed by atoms with Crippen LogP contribution in [0, 0.1) is 0 Å². The molecule has 7 nitrogen and oxygen atoms in total. The largest absolute Gasteiger partial charge is 0.455 e. The van der Waals surface area contributed by atoms with Crippen LogP contribution in [0.15, 0.2) is 65.9 Å². The number of nitrogens with two attached hydrogens (primary N) is 1. The highest BCUT2D eigenvalue weighted by molar-refractivity contribution is 7.22. The first-order valence-electron chi connectivity index (χ1n) is 10.5. The summed E-state index contributed by atoms with van der Waals surface area (Å²) in [7, 11) is 0. The van der Waals surface area contributed by atoms with Crippen LogP contribution in [-0.2, 0) is 9.59 Å². The molecule has 2 aromatic carbocycles. The maximum atomic E-state index is 13.5. The van der Waals surface area contributed by atoms with Crippen LogP contribution in [0.3, 0.4) is 0 Å². The Hall–Kier alpha value is -3.44. The van der Waals surface area contributed by atoms with Crippen LogP contribution in [0.5, 0.6) is 0 Å². The van der Waals surface area contributed by atoms with E-state index in [0.29, 0.717) is 41.4 Å². The lowest BCUT2D eigenvalue weighted by atomic mass is 10.1. The molecule has 34 heavy (non-hydrogen) atoms. The summed E-state index contributed by atoms with van der Waals surface area (Å²) in [5.74, 6) is 2.43. The highest BCUT2D eigenvalue weighted by Gasteiger charge is 2.46. The molecule has 178 valence electrons. The van der Waals surface area contributed by atoms with Gasteiger partial charge in [0, 0.05) is 37.6 Å². The number of fused-ring (bicyclic) bond motifs is 1. The lowest BCUT2D eigenvalue weighted by Gasteiger charge is -2.38. The van der Waals surface area contributed by atoms with E-state index in [4.69, 9.17) is 5.84 Å². The summed E-state index contributed by atoms with van der Waals surface area (Å²) < 4.78 is 41.1. The minimum Gasteiger partial charge on any atom is -0.371 e. The zero-order valence-electron chi connectivity index (χ0n) is 18.2. The van der Waals surface area contributed by atoms with Gasteiger partial charge >= 0.3 is 6.18 Å². The van der Waals surface area contributed by atoms with Gasteiger partial charge in [0.15, 0.2) is 0 Å². The van der Waals surface area contributed by atoms with Crippen molar-refractivity contribution in [3.8, 4) is 0 Å². The number of benzene rings is 2. The van der Waals surface area contributed by atoms with Gasteiger partial charge in [0.1, 0.15) is 5.57 Å². The number of alkyl halides is 3. The number of halogens is 3. The van der Waals surface area contributed by atoms with E-state index in [9.17, 15) is 22.8 Å². The first-order valence-corrected chi connectivity index (χ1v) is 11.3. The number of nitrogens with zero attached hydrogens (tertiary/aromatic N) is 4. The molecule has 0 aliphatic carbocycles. The van der Waals surface area contributed by atoms with E-state index in [1.807, 2.05) is 30.3 Å². The Kier molecular flexibility index (Phi) is 6.58. The Morgan fingerprint density at radius 3 is 2.24 bits per heavy atom. The summed E-state index contributed by atoms with van der Waals surface area (Å²) in [6.07, 6.45) is -5.23. The Balaban J connectivity index is 1.62. The highest BCUT2D eigenvalue weighted by atomic mass is 32.1. The SMILES string of the molecule is C/C(=C(\C(=O)N(N)c1nc2ccccc2s1)C(=O)C(F)(F)F)N1CCN(c2ccccc2)CC1. The van der Waals surface area contributed by atoms with Crippen molar-refractivity contribution in [3.63, 3.8) is 0 Å². The molecule has 1 fully saturated rings. The van der Waals surface area contributed by atoms with Gasteiger partial charge < -0.3 is 9.80 Å². The van der Waals surface area contributed by atoms with Crippen molar-refractivity contribution in [2.45, 2.75) is 13.1 Å². The average Bonchev–Trinajstić information content (AvgIpc) is 3.28. The van der Waals surface area contributed by atoms with Crippen molar-refractivity contribution in [2.75, 3.05) is 36.1 Å². The zero-order chi connectivity index (χ0) is 24.5. The van der Waals surface area contributed by atoms with E-state index in [-0.39, 0.29) is 10.8 Å². The number of hydrogen-bond donors (Lipinski definition) is 1. The van der Waals surface area contributed by atoms with Crippen molar-refractivity contribution in [3.05, 3.63) is 65.9 Å². The monoisotopic (exact) mass is 489 g/mol. The number of ketones is 1. The standard InChI is InChI=1S/C23H22F3N5O2S/c1-15(29-11-13-30(14-12-29)16-7-3-2-4-8-16)19(20(32)23(24,25)26)21(33)31(27)22-28-17-9-5-6-10-18(17)34-22/h2-10H,11-14,27H2,1H3/b19-15+. The molecule has 1 aliphatic heterocycles. The molecule has 1 amide bonds. The molecule has 0 bridgehead atoms. The minimum absolute atomic E-state index is 0.000344. The summed E-state index contributed by atoms with van der Waals surface area (Å²) in [6.45, 7) is 3.07. The van der Waals surface area contributed by atoms with Crippen molar-refractivity contribution >= 4 is 44.1 Å². The van der Waals surface area contributed by atoms with Crippen LogP contribution in [0.4, 0.5) is 24.0 Å². The topological polar surface area (TPSA) is 82.8 Å². The second-order valence-corrected chi connectivity index (χ2v) is 8.75. The second kappa shape index (κ2) is 9.43. The maximum absolute atomic E-state index is 13.5. The van der Waals surface area contributed by atoms with Crippen LogP contribution in [0.2, 0.25) is 0 Å². The number of Topliss-reactive ketones (excluding diaryl/α,β-unsaturated/α-hetero) is 1. The summed E-state index contributed by atoms with van der Waals surface area (Å²) >= 11 is 1.05. The third kappa shape index (κ3) is 4.75. The molecule has 0 unspecified atom stereocenters. The number of thiazole rings is 1. The van der Waals surface area contributed by atoms with Crippen LogP contribution >= 0.6 is 11.3 Å². The van der Waals surface area contributed by atoms with Crippen molar-refractivity contribution in [1.29, 1.82) is 0 Å². The number of para-hydroxylation sites is 2. The highest BCUT2D eigenvalue weighted by Crippen LogP contribution is 2.31. The molecule has 1 aromatic heterocycles. The normalized spacial score (nSPS) is 15.3. The van der Waals surface area contributed by atoms with Gasteiger partial charge in [-0.25, -0.2) is 15.8 Å². The smallest absolute Gasteiger partial charge is 0.371 e. The molecule has 2 N–H and O–H groups in total. The van der Waals surface area contributed by atoms with Gasteiger partial charge in [0.25, 0.3) is 11.7 Å². The number of carbonyl (C=O) groups is 2. The molecule has 0 spiro atoms. The maximum Gasteiger partial charge on any atom is 0.455 e. The summed E-state index contributed by atoms with van der Waals surface area (Å²) in [5, 5.41) is 0.522. The lowest BCUT2D eigenvalue weighted by Crippen LogP contribution is -2.48. The second-order valence-electron chi connectivity index (χ2n) is 7.74. The average molecular weight is 490 g/mol. The molecule has 1 saturated heterocycles. The summed E-state index contributed by atoms with van der Waals surface area (Å²) in [6, 6.07) is 16.6. The quantitative estimate of drug-likeness (QED) is 0.147. The van der Waals surface area contributed by atoms with E-state index in [1.54, 1.807) is 29.2 Å². The van der Waals surface area contributed by atoms with Gasteiger partial charge in [0.2, 0.25) is 5.13 Å². The number of aromatic nitrogens is 1. The van der Waals surface area contributed by atoms with E-state index >= 15 is 0 Å². The van der Waals surface area contributed by atoms with Crippen molar-refractivity contribution in [2.24, 2.45) is 5.84 Å². The Labute approximate surface area is 197 Å². The molecule has 4 rings (SSSR count). The molecule has 0 saturated carbocycles. The Morgan fingerprint density at radius 1 is 1.00 bits per heavy atom. The fourth-order valence-corrected chi connectivity index (χ4v) is 4.71. The van der Waals surface area contributed by atoms with Crippen LogP contribution in [0.1, 0.15) is 6.92 Å². The molecule has 11 heteroatoms. The number of piperazine rings is 1. The van der Waals surface area contributed by atoms with Gasteiger partial charge in [-0.2, -0.15) is 13.2 Å². The number of hydrazine groups is 1. The fraction of sp³-hybridized carbons (Fsp3) is 0.261. The van der Waals surface area contributed by atoms with E-state index in [2.05, 4.69) is 9.88 Å². The predicted octanol–water partition coefficient (Wildman–Crippen LogP) is 3.73. The minimum atomic E-state index is -5.23. The van der Waals surface area contributed by atoms with Gasteiger partial charge in [-0.15, -0.1) is 0 Å². The summed E-state index contributed by atoms with van der Waals surface area (Å²) in [5.41, 5.74) is 0.488. The third-order valence-corrected chi connectivity index (χ3v) is 6.68. The predicted molar refractivity (Wildman–Crippen MR) is 125 cm³/mol. The molecule has 3 aromatic rings. The van der Waals surface area contributed by atoms with E-state index in [0.717, 1.165) is 17.0 Å². The molecule has 1 aliphatic rings. The Morgan fingerprint density at radius 2 is 1.62 bits per heavy atom. The van der Waals surface area contributed by atoms with E-state index in [1.165, 1.54) is 6.92 Å². The molecule has 2 heterocycles. The van der Waals surface area contributed by atoms with Crippen molar-refractivity contribution < 1.29 is 22.8 Å². The van der Waals surface area contributed by atoms with E-state index < -0.39 is 23.4 Å².